The van der Waals surface area contributed by atoms with Gasteiger partial charge in [-0.05, 0) is 30.5 Å². The van der Waals surface area contributed by atoms with Gasteiger partial charge in [0.25, 0.3) is 0 Å². The Hall–Kier alpha value is -1.09. The molecule has 0 radical (unpaired) electrons. The first-order valence-electron chi connectivity index (χ1n) is 7.86. The minimum absolute atomic E-state index is 0.0995. The Balaban J connectivity index is 2.28. The molecule has 0 saturated carbocycles. The van der Waals surface area contributed by atoms with Crippen molar-refractivity contribution in [2.45, 2.75) is 65.5 Å². The molecule has 0 unspecified atom stereocenters. The van der Waals surface area contributed by atoms with Crippen LogP contribution in [0.2, 0.25) is 0 Å². The lowest BCUT2D eigenvalue weighted by atomic mass is 9.90. The molecule has 112 valence electrons. The van der Waals surface area contributed by atoms with Crippen molar-refractivity contribution in [3.8, 4) is 0 Å². The zero-order valence-corrected chi connectivity index (χ0v) is 13.7. The van der Waals surface area contributed by atoms with Crippen LogP contribution in [0.3, 0.4) is 0 Å². The van der Waals surface area contributed by atoms with E-state index in [1.54, 1.807) is 0 Å². The molecule has 2 heterocycles. The highest BCUT2D eigenvalue weighted by Crippen LogP contribution is 2.26. The molecule has 3 nitrogen and oxygen atoms in total. The fourth-order valence-electron chi connectivity index (χ4n) is 2.49. The molecule has 1 aromatic heterocycles. The summed E-state index contributed by atoms with van der Waals surface area (Å²) in [6, 6.07) is 5.03. The maximum absolute atomic E-state index is 4.91. The van der Waals surface area contributed by atoms with Crippen LogP contribution < -0.4 is 10.2 Å². The number of rotatable bonds is 4. The standard InChI is InChI=1S/C17H29N3/c1-13(2)18-12-14-10-15(17(3,4)5)19-16(11-14)20-8-6-7-9-20/h10-11,13,18H,6-9,12H2,1-5H3. The summed E-state index contributed by atoms with van der Waals surface area (Å²) in [5.74, 6) is 1.16. The van der Waals surface area contributed by atoms with Crippen molar-refractivity contribution in [1.82, 2.24) is 10.3 Å². The van der Waals surface area contributed by atoms with E-state index in [1.807, 2.05) is 0 Å². The highest BCUT2D eigenvalue weighted by atomic mass is 15.2. The molecular formula is C17H29N3. The second kappa shape index (κ2) is 6.13. The van der Waals surface area contributed by atoms with E-state index in [-0.39, 0.29) is 5.41 Å². The van der Waals surface area contributed by atoms with E-state index in [4.69, 9.17) is 4.98 Å². The Morgan fingerprint density at radius 1 is 1.20 bits per heavy atom. The summed E-state index contributed by atoms with van der Waals surface area (Å²) in [6.07, 6.45) is 2.59. The van der Waals surface area contributed by atoms with Gasteiger partial charge in [0, 0.05) is 36.8 Å². The molecule has 0 aliphatic carbocycles. The topological polar surface area (TPSA) is 28.2 Å². The summed E-state index contributed by atoms with van der Waals surface area (Å²) in [5.41, 5.74) is 2.64. The normalized spacial score (nSPS) is 16.2. The predicted molar refractivity (Wildman–Crippen MR) is 86.4 cm³/mol. The number of nitrogens with zero attached hydrogens (tertiary/aromatic N) is 2. The van der Waals surface area contributed by atoms with Crippen molar-refractivity contribution in [3.63, 3.8) is 0 Å². The van der Waals surface area contributed by atoms with Crippen molar-refractivity contribution in [3.05, 3.63) is 23.4 Å². The first-order valence-corrected chi connectivity index (χ1v) is 7.86. The van der Waals surface area contributed by atoms with Gasteiger partial charge in [0.1, 0.15) is 5.82 Å². The molecule has 1 N–H and O–H groups in total. The molecule has 3 heteroatoms. The van der Waals surface area contributed by atoms with Gasteiger partial charge in [-0.15, -0.1) is 0 Å². The maximum Gasteiger partial charge on any atom is 0.129 e. The van der Waals surface area contributed by atoms with Crippen LogP contribution in [0.5, 0.6) is 0 Å². The summed E-state index contributed by atoms with van der Waals surface area (Å²) in [7, 11) is 0. The average Bonchev–Trinajstić information content (AvgIpc) is 2.89. The highest BCUT2D eigenvalue weighted by Gasteiger charge is 2.20. The number of pyridine rings is 1. The highest BCUT2D eigenvalue weighted by molar-refractivity contribution is 5.44. The largest absolute Gasteiger partial charge is 0.357 e. The third-order valence-electron chi connectivity index (χ3n) is 3.78. The molecule has 0 amide bonds. The van der Waals surface area contributed by atoms with Crippen molar-refractivity contribution in [1.29, 1.82) is 0 Å². The molecule has 0 atom stereocenters. The molecule has 1 saturated heterocycles. The fraction of sp³-hybridized carbons (Fsp3) is 0.706. The fourth-order valence-corrected chi connectivity index (χ4v) is 2.49. The third-order valence-corrected chi connectivity index (χ3v) is 3.78. The number of hydrogen-bond donors (Lipinski definition) is 1. The molecule has 0 aromatic carbocycles. The second-order valence-corrected chi connectivity index (χ2v) is 7.20. The zero-order valence-electron chi connectivity index (χ0n) is 13.7. The Morgan fingerprint density at radius 2 is 1.85 bits per heavy atom. The Labute approximate surface area is 123 Å². The lowest BCUT2D eigenvalue weighted by Gasteiger charge is -2.24. The number of hydrogen-bond acceptors (Lipinski definition) is 3. The van der Waals surface area contributed by atoms with E-state index in [0.29, 0.717) is 6.04 Å². The van der Waals surface area contributed by atoms with Gasteiger partial charge < -0.3 is 10.2 Å². The maximum atomic E-state index is 4.91. The minimum Gasteiger partial charge on any atom is -0.357 e. The van der Waals surface area contributed by atoms with Crippen LogP contribution in [-0.4, -0.2) is 24.1 Å². The van der Waals surface area contributed by atoms with Gasteiger partial charge in [0.15, 0.2) is 0 Å². The van der Waals surface area contributed by atoms with E-state index in [2.05, 4.69) is 57.0 Å². The summed E-state index contributed by atoms with van der Waals surface area (Å²) < 4.78 is 0. The van der Waals surface area contributed by atoms with Gasteiger partial charge in [0.05, 0.1) is 0 Å². The summed E-state index contributed by atoms with van der Waals surface area (Å²) in [6.45, 7) is 14.3. The molecule has 2 rings (SSSR count). The van der Waals surface area contributed by atoms with Crippen LogP contribution in [0.25, 0.3) is 0 Å². The van der Waals surface area contributed by atoms with Gasteiger partial charge in [0.2, 0.25) is 0 Å². The van der Waals surface area contributed by atoms with Crippen LogP contribution >= 0.6 is 0 Å². The Morgan fingerprint density at radius 3 is 2.40 bits per heavy atom. The van der Waals surface area contributed by atoms with E-state index in [9.17, 15) is 0 Å². The monoisotopic (exact) mass is 275 g/mol. The minimum atomic E-state index is 0.0995. The van der Waals surface area contributed by atoms with Crippen LogP contribution in [0.15, 0.2) is 12.1 Å². The van der Waals surface area contributed by atoms with Crippen molar-refractivity contribution in [2.75, 3.05) is 18.0 Å². The molecule has 0 bridgehead atoms. The lowest BCUT2D eigenvalue weighted by molar-refractivity contribution is 0.560. The quantitative estimate of drug-likeness (QED) is 0.912. The third kappa shape index (κ3) is 3.95. The second-order valence-electron chi connectivity index (χ2n) is 7.20. The van der Waals surface area contributed by atoms with Crippen LogP contribution in [0.4, 0.5) is 5.82 Å². The smallest absolute Gasteiger partial charge is 0.129 e. The summed E-state index contributed by atoms with van der Waals surface area (Å²) >= 11 is 0. The van der Waals surface area contributed by atoms with Gasteiger partial charge in [-0.2, -0.15) is 0 Å². The van der Waals surface area contributed by atoms with Gasteiger partial charge >= 0.3 is 0 Å². The van der Waals surface area contributed by atoms with Crippen molar-refractivity contribution in [2.24, 2.45) is 0 Å². The molecule has 1 aliphatic heterocycles. The van der Waals surface area contributed by atoms with E-state index < -0.39 is 0 Å². The van der Waals surface area contributed by atoms with Gasteiger partial charge in [-0.1, -0.05) is 34.6 Å². The number of nitrogens with one attached hydrogen (secondary N) is 1. The summed E-state index contributed by atoms with van der Waals surface area (Å²) in [4.78, 5) is 7.34. The first-order chi connectivity index (χ1) is 9.36. The van der Waals surface area contributed by atoms with Crippen molar-refractivity contribution < 1.29 is 0 Å². The molecule has 20 heavy (non-hydrogen) atoms. The molecular weight excluding hydrogens is 246 g/mol. The van der Waals surface area contributed by atoms with E-state index >= 15 is 0 Å². The van der Waals surface area contributed by atoms with Crippen LogP contribution in [0.1, 0.15) is 58.7 Å². The lowest BCUT2D eigenvalue weighted by Crippen LogP contribution is -2.25. The predicted octanol–water partition coefficient (Wildman–Crippen LogP) is 3.48. The Kier molecular flexibility index (Phi) is 4.69. The van der Waals surface area contributed by atoms with E-state index in [0.717, 1.165) is 25.5 Å². The zero-order chi connectivity index (χ0) is 14.8. The number of aromatic nitrogens is 1. The van der Waals surface area contributed by atoms with E-state index in [1.165, 1.54) is 24.1 Å². The van der Waals surface area contributed by atoms with Crippen LogP contribution in [-0.2, 0) is 12.0 Å². The molecule has 1 aliphatic rings. The van der Waals surface area contributed by atoms with Crippen LogP contribution in [0, 0.1) is 0 Å². The number of anilines is 1. The molecule has 1 aromatic rings. The first kappa shape index (κ1) is 15.3. The summed E-state index contributed by atoms with van der Waals surface area (Å²) in [5, 5.41) is 3.51. The molecule has 1 fully saturated rings. The van der Waals surface area contributed by atoms with Gasteiger partial charge in [-0.3, -0.25) is 0 Å². The Bertz CT molecular complexity index is 440. The molecule has 0 spiro atoms. The van der Waals surface area contributed by atoms with Gasteiger partial charge in [-0.25, -0.2) is 4.98 Å². The average molecular weight is 275 g/mol. The van der Waals surface area contributed by atoms with Crippen molar-refractivity contribution >= 4 is 5.82 Å². The SMILES string of the molecule is CC(C)NCc1cc(N2CCCC2)nc(C(C)(C)C)c1.